The third-order valence-corrected chi connectivity index (χ3v) is 7.34. The van der Waals surface area contributed by atoms with E-state index in [2.05, 4.69) is 0 Å². The molecule has 0 saturated carbocycles. The van der Waals surface area contributed by atoms with Gasteiger partial charge in [0, 0.05) is 14.8 Å². The molecule has 0 amide bonds. The van der Waals surface area contributed by atoms with Crippen LogP contribution in [0.3, 0.4) is 0 Å². The van der Waals surface area contributed by atoms with Gasteiger partial charge in [-0.25, -0.2) is 4.57 Å². The SMILES string of the molecule is O=P(/C=C(/Sc1ccccc1)c1ccc(Cl)cc1)(Oc1ccccc1)Oc1ccccc1. The normalized spacial score (nSPS) is 11.7. The van der Waals surface area contributed by atoms with Crippen LogP contribution in [-0.4, -0.2) is 0 Å². The topological polar surface area (TPSA) is 35.5 Å². The minimum atomic E-state index is -3.75. The lowest BCUT2D eigenvalue weighted by Crippen LogP contribution is -1.99. The summed E-state index contributed by atoms with van der Waals surface area (Å²) in [6.45, 7) is 0. The first-order valence-electron chi connectivity index (χ1n) is 9.90. The maximum absolute atomic E-state index is 14.0. The van der Waals surface area contributed by atoms with Gasteiger partial charge in [0.1, 0.15) is 11.5 Å². The van der Waals surface area contributed by atoms with Gasteiger partial charge in [-0.1, -0.05) is 90.1 Å². The Morgan fingerprint density at radius 3 is 1.66 bits per heavy atom. The highest BCUT2D eigenvalue weighted by atomic mass is 35.5. The Morgan fingerprint density at radius 2 is 1.16 bits per heavy atom. The fraction of sp³-hybridized carbons (Fsp3) is 0. The van der Waals surface area contributed by atoms with Crippen molar-refractivity contribution in [2.24, 2.45) is 0 Å². The molecule has 0 aliphatic heterocycles. The first kappa shape index (κ1) is 22.3. The summed E-state index contributed by atoms with van der Waals surface area (Å²) in [5.41, 5.74) is 0.858. The van der Waals surface area contributed by atoms with Gasteiger partial charge < -0.3 is 9.05 Å². The molecule has 0 fully saturated rings. The van der Waals surface area contributed by atoms with E-state index >= 15 is 0 Å². The largest absolute Gasteiger partial charge is 0.456 e. The number of halogens is 1. The number of benzene rings is 4. The van der Waals surface area contributed by atoms with Crippen molar-refractivity contribution >= 4 is 35.9 Å². The molecule has 6 heteroatoms. The molecule has 0 saturated heterocycles. The van der Waals surface area contributed by atoms with Gasteiger partial charge in [-0.2, -0.15) is 0 Å². The van der Waals surface area contributed by atoms with Gasteiger partial charge in [-0.3, -0.25) is 0 Å². The third kappa shape index (κ3) is 6.30. The molecule has 0 aliphatic rings. The molecule has 0 bridgehead atoms. The van der Waals surface area contributed by atoms with Crippen molar-refractivity contribution in [3.63, 3.8) is 0 Å². The Labute approximate surface area is 197 Å². The summed E-state index contributed by atoms with van der Waals surface area (Å²) in [5, 5.41) is 0.627. The van der Waals surface area contributed by atoms with E-state index in [1.807, 2.05) is 78.9 Å². The van der Waals surface area contributed by atoms with Gasteiger partial charge in [-0.05, 0) is 54.1 Å². The molecular weight excluding hydrogens is 459 g/mol. The second-order valence-electron chi connectivity index (χ2n) is 6.76. The highest BCUT2D eigenvalue weighted by Crippen LogP contribution is 2.54. The van der Waals surface area contributed by atoms with Crippen molar-refractivity contribution in [2.75, 3.05) is 0 Å². The molecule has 0 heterocycles. The van der Waals surface area contributed by atoms with E-state index in [0.717, 1.165) is 15.4 Å². The van der Waals surface area contributed by atoms with Crippen LogP contribution in [0.2, 0.25) is 5.02 Å². The van der Waals surface area contributed by atoms with E-state index in [4.69, 9.17) is 20.6 Å². The van der Waals surface area contributed by atoms with Crippen LogP contribution in [-0.2, 0) is 4.57 Å². The molecule has 0 N–H and O–H groups in total. The molecule has 3 nitrogen and oxygen atoms in total. The molecule has 0 aliphatic carbocycles. The van der Waals surface area contributed by atoms with E-state index in [1.54, 1.807) is 42.2 Å². The second kappa shape index (κ2) is 10.6. The standard InChI is InChI=1S/C26H20ClO3PS/c27-22-18-16-21(17-19-22)26(32-25-14-8-3-9-15-25)20-31(28,29-23-10-4-1-5-11-23)30-24-12-6-2-7-13-24/h1-20H/b26-20+. The monoisotopic (exact) mass is 478 g/mol. The van der Waals surface area contributed by atoms with Crippen LogP contribution in [0.1, 0.15) is 5.56 Å². The Morgan fingerprint density at radius 1 is 0.688 bits per heavy atom. The molecule has 0 unspecified atom stereocenters. The predicted octanol–water partition coefficient (Wildman–Crippen LogP) is 8.78. The molecule has 4 aromatic rings. The van der Waals surface area contributed by atoms with Crippen LogP contribution in [0, 0.1) is 0 Å². The van der Waals surface area contributed by atoms with Crippen molar-refractivity contribution in [3.05, 3.63) is 132 Å². The summed E-state index contributed by atoms with van der Waals surface area (Å²) in [6.07, 6.45) is 0. The lowest BCUT2D eigenvalue weighted by Gasteiger charge is -2.19. The van der Waals surface area contributed by atoms with Crippen LogP contribution >= 0.6 is 31.0 Å². The smallest absolute Gasteiger partial charge is 0.413 e. The Kier molecular flexibility index (Phi) is 7.39. The minimum absolute atomic E-state index is 0.461. The van der Waals surface area contributed by atoms with E-state index in [0.29, 0.717) is 16.5 Å². The van der Waals surface area contributed by atoms with E-state index < -0.39 is 7.60 Å². The highest BCUT2D eigenvalue weighted by Gasteiger charge is 2.27. The minimum Gasteiger partial charge on any atom is -0.413 e. The van der Waals surface area contributed by atoms with Gasteiger partial charge in [0.25, 0.3) is 0 Å². The van der Waals surface area contributed by atoms with Crippen molar-refractivity contribution < 1.29 is 13.6 Å². The fourth-order valence-corrected chi connectivity index (χ4v) is 5.80. The molecule has 160 valence electrons. The summed E-state index contributed by atoms with van der Waals surface area (Å²) in [4.78, 5) is 1.74. The molecule has 0 aromatic heterocycles. The Bertz CT molecular complexity index is 1170. The molecule has 0 spiro atoms. The summed E-state index contributed by atoms with van der Waals surface area (Å²) >= 11 is 7.58. The predicted molar refractivity (Wildman–Crippen MR) is 133 cm³/mol. The summed E-state index contributed by atoms with van der Waals surface area (Å²) in [6, 6.07) is 35.3. The molecule has 0 radical (unpaired) electrons. The maximum Gasteiger partial charge on any atom is 0.456 e. The third-order valence-electron chi connectivity index (χ3n) is 4.33. The van der Waals surface area contributed by atoms with Crippen LogP contribution in [0.4, 0.5) is 0 Å². The number of hydrogen-bond acceptors (Lipinski definition) is 4. The maximum atomic E-state index is 14.0. The molecule has 32 heavy (non-hydrogen) atoms. The van der Waals surface area contributed by atoms with Gasteiger partial charge in [0.05, 0.1) is 5.82 Å². The summed E-state index contributed by atoms with van der Waals surface area (Å²) in [5.74, 6) is 2.50. The summed E-state index contributed by atoms with van der Waals surface area (Å²) < 4.78 is 25.9. The van der Waals surface area contributed by atoms with Gasteiger partial charge >= 0.3 is 7.60 Å². The van der Waals surface area contributed by atoms with Crippen molar-refractivity contribution in [1.29, 1.82) is 0 Å². The fourth-order valence-electron chi connectivity index (χ4n) is 2.86. The van der Waals surface area contributed by atoms with E-state index in [-0.39, 0.29) is 0 Å². The van der Waals surface area contributed by atoms with Crippen LogP contribution in [0.5, 0.6) is 11.5 Å². The average molecular weight is 479 g/mol. The number of rotatable bonds is 8. The summed E-state index contributed by atoms with van der Waals surface area (Å²) in [7, 11) is -3.75. The first-order chi connectivity index (χ1) is 15.6. The number of thioether (sulfide) groups is 1. The number of hydrogen-bond donors (Lipinski definition) is 0. The van der Waals surface area contributed by atoms with Crippen molar-refractivity contribution in [1.82, 2.24) is 0 Å². The molecule has 0 atom stereocenters. The second-order valence-corrected chi connectivity index (χ2v) is 10.0. The lowest BCUT2D eigenvalue weighted by molar-refractivity contribution is 0.398. The molecule has 4 rings (SSSR count). The zero-order valence-corrected chi connectivity index (χ0v) is 19.5. The van der Waals surface area contributed by atoms with Crippen molar-refractivity contribution in [2.45, 2.75) is 4.90 Å². The molecule has 4 aromatic carbocycles. The number of para-hydroxylation sites is 2. The Hall–Kier alpha value is -2.91. The van der Waals surface area contributed by atoms with Crippen molar-refractivity contribution in [3.8, 4) is 11.5 Å². The van der Waals surface area contributed by atoms with E-state index in [1.165, 1.54) is 11.8 Å². The highest BCUT2D eigenvalue weighted by molar-refractivity contribution is 8.08. The van der Waals surface area contributed by atoms with Gasteiger partial charge in [0.15, 0.2) is 0 Å². The van der Waals surface area contributed by atoms with Crippen LogP contribution in [0.15, 0.2) is 126 Å². The lowest BCUT2D eigenvalue weighted by atomic mass is 10.2. The zero-order valence-electron chi connectivity index (χ0n) is 17.0. The van der Waals surface area contributed by atoms with Crippen LogP contribution < -0.4 is 9.05 Å². The van der Waals surface area contributed by atoms with Crippen LogP contribution in [0.25, 0.3) is 4.91 Å². The van der Waals surface area contributed by atoms with E-state index in [9.17, 15) is 4.57 Å². The quantitative estimate of drug-likeness (QED) is 0.187. The Balaban J connectivity index is 1.77. The van der Waals surface area contributed by atoms with Gasteiger partial charge in [0.2, 0.25) is 0 Å². The average Bonchev–Trinajstić information content (AvgIpc) is 2.81. The zero-order chi connectivity index (χ0) is 22.2. The molecular formula is C26H20ClO3PS. The van der Waals surface area contributed by atoms with Gasteiger partial charge in [-0.15, -0.1) is 0 Å². The first-order valence-corrected chi connectivity index (χ1v) is 12.7.